The highest BCUT2D eigenvalue weighted by atomic mass is 31.2. The fraction of sp³-hybridized carbons (Fsp3) is 0.792. The van der Waals surface area contributed by atoms with Gasteiger partial charge in [0.25, 0.3) is 0 Å². The Kier molecular flexibility index (Phi) is 60.4. The Hall–Kier alpha value is -2.32. The van der Waals surface area contributed by atoms with E-state index in [1.807, 2.05) is 27.2 Å². The number of phosphoric acid groups is 1. The van der Waals surface area contributed by atoms with Crippen molar-refractivity contribution in [2.75, 3.05) is 40.9 Å². The highest BCUT2D eigenvalue weighted by Crippen LogP contribution is 2.43. The first-order chi connectivity index (χ1) is 39.5. The number of nitrogens with one attached hydrogen (secondary N) is 1. The number of likely N-dealkylation sites (N-methyl/N-ethyl adjacent to an activating group) is 1. The molecule has 3 atom stereocenters. The van der Waals surface area contributed by atoms with Gasteiger partial charge >= 0.3 is 7.82 Å². The van der Waals surface area contributed by atoms with Crippen LogP contribution in [0.4, 0.5) is 0 Å². The number of carbonyl (C=O) groups is 1. The van der Waals surface area contributed by atoms with Gasteiger partial charge in [-0.25, -0.2) is 4.57 Å². The fourth-order valence-corrected chi connectivity index (χ4v) is 10.8. The average Bonchev–Trinajstić information content (AvgIpc) is 3.43. The number of hydrogen-bond acceptors (Lipinski definition) is 5. The second kappa shape index (κ2) is 62.2. The molecule has 0 aliphatic carbocycles. The summed E-state index contributed by atoms with van der Waals surface area (Å²) in [5.74, 6) is -0.185. The maximum absolute atomic E-state index is 13.0. The zero-order valence-electron chi connectivity index (χ0n) is 54.0. The molecule has 0 rings (SSSR count). The zero-order chi connectivity index (χ0) is 59.1. The van der Waals surface area contributed by atoms with Gasteiger partial charge in [0, 0.05) is 6.42 Å². The molecule has 0 aromatic heterocycles. The summed E-state index contributed by atoms with van der Waals surface area (Å²) in [6, 6.07) is -0.859. The molecule has 8 nitrogen and oxygen atoms in total. The molecule has 9 heteroatoms. The molecule has 0 saturated carbocycles. The second-order valence-electron chi connectivity index (χ2n) is 24.5. The van der Waals surface area contributed by atoms with Gasteiger partial charge in [-0.05, 0) is 70.6 Å². The van der Waals surface area contributed by atoms with E-state index >= 15 is 0 Å². The minimum absolute atomic E-state index is 0.0563. The first-order valence-electron chi connectivity index (χ1n) is 34.5. The van der Waals surface area contributed by atoms with E-state index in [1.165, 1.54) is 212 Å². The highest BCUT2D eigenvalue weighted by molar-refractivity contribution is 7.47. The molecule has 0 radical (unpaired) electrons. The number of phosphoric ester groups is 1. The second-order valence-corrected chi connectivity index (χ2v) is 26.0. The molecular weight excluding hydrogens is 1020 g/mol. The molecule has 0 heterocycles. The van der Waals surface area contributed by atoms with Crippen LogP contribution in [0, 0.1) is 0 Å². The lowest BCUT2D eigenvalue weighted by atomic mass is 10.0. The van der Waals surface area contributed by atoms with Crippen LogP contribution in [0.3, 0.4) is 0 Å². The molecule has 0 spiro atoms. The first kappa shape index (κ1) is 78.7. The molecular formula is C72H134N2O6P+. The van der Waals surface area contributed by atoms with Crippen LogP contribution in [-0.2, 0) is 18.4 Å². The van der Waals surface area contributed by atoms with Gasteiger partial charge in [-0.1, -0.05) is 324 Å². The predicted octanol–water partition coefficient (Wildman–Crippen LogP) is 21.9. The van der Waals surface area contributed by atoms with Gasteiger partial charge in [0.1, 0.15) is 13.2 Å². The summed E-state index contributed by atoms with van der Waals surface area (Å²) in [6.07, 6.45) is 88.7. The van der Waals surface area contributed by atoms with Crippen molar-refractivity contribution < 1.29 is 32.9 Å². The third kappa shape index (κ3) is 65.1. The average molecular weight is 1150 g/mol. The molecule has 81 heavy (non-hydrogen) atoms. The quantitative estimate of drug-likeness (QED) is 0.0243. The summed E-state index contributed by atoms with van der Waals surface area (Å²) >= 11 is 0. The van der Waals surface area contributed by atoms with Crippen molar-refractivity contribution in [3.63, 3.8) is 0 Å². The molecule has 0 aliphatic rings. The number of nitrogens with zero attached hydrogens (tertiary/aromatic N) is 1. The Balaban J connectivity index is 4.11. The number of allylic oxidation sites excluding steroid dienone is 13. The van der Waals surface area contributed by atoms with Gasteiger partial charge in [-0.15, -0.1) is 0 Å². The monoisotopic (exact) mass is 1150 g/mol. The van der Waals surface area contributed by atoms with Crippen LogP contribution in [0.25, 0.3) is 0 Å². The summed E-state index contributed by atoms with van der Waals surface area (Å²) < 4.78 is 23.8. The van der Waals surface area contributed by atoms with E-state index in [-0.39, 0.29) is 19.1 Å². The normalized spacial score (nSPS) is 14.2. The van der Waals surface area contributed by atoms with Gasteiger partial charge in [0.15, 0.2) is 0 Å². The van der Waals surface area contributed by atoms with Gasteiger partial charge in [0.05, 0.1) is 39.9 Å². The van der Waals surface area contributed by atoms with E-state index in [9.17, 15) is 19.4 Å². The molecule has 3 N–H and O–H groups in total. The Morgan fingerprint density at radius 2 is 0.741 bits per heavy atom. The van der Waals surface area contributed by atoms with Gasteiger partial charge < -0.3 is 19.8 Å². The number of rotatable bonds is 63. The molecule has 472 valence electrons. The third-order valence-electron chi connectivity index (χ3n) is 15.4. The summed E-state index contributed by atoms with van der Waals surface area (Å²) in [5, 5.41) is 14.0. The smallest absolute Gasteiger partial charge is 0.387 e. The number of aliphatic hydroxyl groups is 1. The Labute approximate surface area is 503 Å². The van der Waals surface area contributed by atoms with Crippen LogP contribution in [0.15, 0.2) is 85.1 Å². The molecule has 3 unspecified atom stereocenters. The molecule has 0 saturated heterocycles. The van der Waals surface area contributed by atoms with Crippen LogP contribution < -0.4 is 5.32 Å². The molecule has 0 aromatic carbocycles. The van der Waals surface area contributed by atoms with E-state index in [2.05, 4.69) is 92.1 Å². The van der Waals surface area contributed by atoms with Crippen molar-refractivity contribution in [2.24, 2.45) is 0 Å². The van der Waals surface area contributed by atoms with E-state index in [4.69, 9.17) is 9.05 Å². The summed E-state index contributed by atoms with van der Waals surface area (Å²) in [6.45, 7) is 4.73. The van der Waals surface area contributed by atoms with E-state index < -0.39 is 20.0 Å². The van der Waals surface area contributed by atoms with Gasteiger partial charge in [0.2, 0.25) is 5.91 Å². The van der Waals surface area contributed by atoms with Crippen molar-refractivity contribution in [1.82, 2.24) is 5.32 Å². The maximum Gasteiger partial charge on any atom is 0.472 e. The molecule has 0 aliphatic heterocycles. The molecule has 1 amide bonds. The van der Waals surface area contributed by atoms with Gasteiger partial charge in [-0.3, -0.25) is 13.8 Å². The summed E-state index contributed by atoms with van der Waals surface area (Å²) in [4.78, 5) is 23.4. The summed E-state index contributed by atoms with van der Waals surface area (Å²) in [5.41, 5.74) is 0. The number of amides is 1. The number of aliphatic hydroxyl groups excluding tert-OH is 1. The topological polar surface area (TPSA) is 105 Å². The predicted molar refractivity (Wildman–Crippen MR) is 355 cm³/mol. The van der Waals surface area contributed by atoms with E-state index in [1.54, 1.807) is 6.08 Å². The fourth-order valence-electron chi connectivity index (χ4n) is 10.0. The van der Waals surface area contributed by atoms with Crippen molar-refractivity contribution in [1.29, 1.82) is 0 Å². The Morgan fingerprint density at radius 1 is 0.432 bits per heavy atom. The Bertz CT molecular complexity index is 1600. The van der Waals surface area contributed by atoms with E-state index in [0.717, 1.165) is 83.5 Å². The van der Waals surface area contributed by atoms with Crippen LogP contribution in [0.5, 0.6) is 0 Å². The molecule has 0 aromatic rings. The lowest BCUT2D eigenvalue weighted by molar-refractivity contribution is -0.870. The van der Waals surface area contributed by atoms with Crippen molar-refractivity contribution >= 4 is 13.7 Å². The SMILES string of the molecule is CC/C=C\C/C=C\C/C=C\C/C=C\C/C=C\C/C=C\CCCCCCCCCCC(=O)NC(COP(=O)(O)OCC[N+](C)(C)C)C(O)/C=C/CCCCCCCCCCCCCCCCCCCCCCCCCCCCCCCC. The lowest BCUT2D eigenvalue weighted by Crippen LogP contribution is -2.45. The molecule has 0 fully saturated rings. The minimum Gasteiger partial charge on any atom is -0.387 e. The minimum atomic E-state index is -4.36. The third-order valence-corrected chi connectivity index (χ3v) is 16.4. The lowest BCUT2D eigenvalue weighted by Gasteiger charge is -2.25. The van der Waals surface area contributed by atoms with Crippen molar-refractivity contribution in [3.05, 3.63) is 85.1 Å². The Morgan fingerprint density at radius 3 is 1.09 bits per heavy atom. The van der Waals surface area contributed by atoms with Gasteiger partial charge in [-0.2, -0.15) is 0 Å². The number of hydrogen-bond donors (Lipinski definition) is 3. The summed E-state index contributed by atoms with van der Waals surface area (Å²) in [7, 11) is 1.56. The van der Waals surface area contributed by atoms with Crippen molar-refractivity contribution in [2.45, 2.75) is 328 Å². The maximum atomic E-state index is 13.0. The van der Waals surface area contributed by atoms with Crippen LogP contribution in [0.1, 0.15) is 316 Å². The number of carbonyl (C=O) groups excluding carboxylic acids is 1. The highest BCUT2D eigenvalue weighted by Gasteiger charge is 2.28. The molecule has 0 bridgehead atoms. The zero-order valence-corrected chi connectivity index (χ0v) is 54.9. The van der Waals surface area contributed by atoms with Crippen LogP contribution >= 0.6 is 7.82 Å². The standard InChI is InChI=1S/C72H133N2O6P/c1-6-8-10-12-14-16-18-20-22-24-26-28-30-32-34-35-36-37-38-40-41-43-45-47-49-51-53-55-57-59-61-63-65-71(75)70(69-80-81(77,78)79-68-67-74(3,4)5)73-72(76)66-64-62-60-58-56-54-52-50-48-46-44-42-39-33-31-29-27-25-23-21-19-17-15-13-11-9-7-2/h9,11,15,17,21,23,27,29,33,39,44,46,63,65,70-71,75H,6-8,10,12-14,16,18-20,22,24-26,28,30-32,34-38,40-43,45,47-62,64,66-69H2,1-5H3,(H-,73,76,77,78)/p+1/b11-9-,17-15-,23-21-,29-27-,39-33-,46-44-,65-63+. The van der Waals surface area contributed by atoms with Crippen molar-refractivity contribution in [3.8, 4) is 0 Å². The van der Waals surface area contributed by atoms with Crippen LogP contribution in [-0.4, -0.2) is 73.4 Å². The van der Waals surface area contributed by atoms with E-state index in [0.29, 0.717) is 17.4 Å². The first-order valence-corrected chi connectivity index (χ1v) is 36.0. The van der Waals surface area contributed by atoms with Crippen LogP contribution in [0.2, 0.25) is 0 Å². The largest absolute Gasteiger partial charge is 0.472 e. The number of quaternary nitrogens is 1. The number of unbranched alkanes of at least 4 members (excludes halogenated alkanes) is 38.